The first kappa shape index (κ1) is 26.2. The molecule has 0 saturated heterocycles. The fourth-order valence-corrected chi connectivity index (χ4v) is 8.37. The number of thiophene rings is 1. The highest BCUT2D eigenvalue weighted by atomic mass is 32.1. The second-order valence-electron chi connectivity index (χ2n) is 11.9. The van der Waals surface area contributed by atoms with Crippen LogP contribution in [-0.4, -0.2) is 4.98 Å². The van der Waals surface area contributed by atoms with Crippen LogP contribution in [-0.2, 0) is 6.42 Å². The van der Waals surface area contributed by atoms with Crippen molar-refractivity contribution in [1.82, 2.24) is 4.98 Å². The Morgan fingerprint density at radius 2 is 1.42 bits per heavy atom. The minimum atomic E-state index is 0.00418. The molecule has 2 aliphatic rings. The highest BCUT2D eigenvalue weighted by Gasteiger charge is 2.25. The number of nitrogens with one attached hydrogen (secondary N) is 1. The van der Waals surface area contributed by atoms with Gasteiger partial charge in [-0.1, -0.05) is 127 Å². The molecule has 3 heteroatoms. The Morgan fingerprint density at radius 1 is 0.644 bits per heavy atom. The van der Waals surface area contributed by atoms with Crippen molar-refractivity contribution in [3.05, 3.63) is 167 Å². The van der Waals surface area contributed by atoms with E-state index in [9.17, 15) is 0 Å². The number of benzene rings is 5. The zero-order chi connectivity index (χ0) is 29.7. The third-order valence-corrected chi connectivity index (χ3v) is 10.6. The fraction of sp³-hybridized carbons (Fsp3) is 0.0714. The summed E-state index contributed by atoms with van der Waals surface area (Å²) in [6.45, 7) is 0. The van der Waals surface area contributed by atoms with Gasteiger partial charge >= 0.3 is 0 Å². The molecule has 0 amide bonds. The molecule has 1 atom stereocenters. The Hall–Kier alpha value is -5.25. The molecule has 7 aromatic rings. The van der Waals surface area contributed by atoms with Crippen LogP contribution in [0.5, 0.6) is 0 Å². The van der Waals surface area contributed by atoms with E-state index in [-0.39, 0.29) is 6.04 Å². The highest BCUT2D eigenvalue weighted by molar-refractivity contribution is 7.20. The Labute approximate surface area is 267 Å². The summed E-state index contributed by atoms with van der Waals surface area (Å²) >= 11 is 1.96. The lowest BCUT2D eigenvalue weighted by molar-refractivity contribution is 0.975. The number of hydrogen-bond acceptors (Lipinski definition) is 3. The van der Waals surface area contributed by atoms with E-state index >= 15 is 0 Å². The van der Waals surface area contributed by atoms with E-state index in [1.54, 1.807) is 0 Å². The molecule has 1 N–H and O–H groups in total. The van der Waals surface area contributed by atoms with Crippen LogP contribution >= 0.6 is 11.3 Å². The summed E-state index contributed by atoms with van der Waals surface area (Å²) in [5, 5.41) is 6.44. The maximum atomic E-state index is 4.95. The molecule has 2 aromatic heterocycles. The first-order chi connectivity index (χ1) is 22.3. The van der Waals surface area contributed by atoms with Crippen LogP contribution in [0.1, 0.15) is 39.6 Å². The summed E-state index contributed by atoms with van der Waals surface area (Å²) in [6.07, 6.45) is 11.2. The third-order valence-electron chi connectivity index (χ3n) is 9.24. The van der Waals surface area contributed by atoms with Crippen LogP contribution in [0.4, 0.5) is 5.69 Å². The van der Waals surface area contributed by atoms with E-state index in [1.807, 2.05) is 17.5 Å². The number of nitrogens with zero attached hydrogens (tertiary/aromatic N) is 1. The molecule has 2 nitrogen and oxygen atoms in total. The normalized spacial score (nSPS) is 15.4. The smallest absolute Gasteiger partial charge is 0.0946 e. The van der Waals surface area contributed by atoms with Crippen molar-refractivity contribution in [3.63, 3.8) is 0 Å². The van der Waals surface area contributed by atoms with Gasteiger partial charge in [-0.15, -0.1) is 11.3 Å². The van der Waals surface area contributed by atoms with E-state index in [0.29, 0.717) is 0 Å². The van der Waals surface area contributed by atoms with Crippen LogP contribution in [0.15, 0.2) is 140 Å². The van der Waals surface area contributed by atoms with Crippen molar-refractivity contribution in [2.75, 3.05) is 5.32 Å². The molecule has 3 heterocycles. The molecule has 1 unspecified atom stereocenters. The van der Waals surface area contributed by atoms with Gasteiger partial charge in [-0.3, -0.25) is 4.98 Å². The van der Waals surface area contributed by atoms with Gasteiger partial charge in [-0.2, -0.15) is 0 Å². The van der Waals surface area contributed by atoms with Gasteiger partial charge in [0.05, 0.1) is 17.2 Å². The first-order valence-electron chi connectivity index (χ1n) is 15.6. The van der Waals surface area contributed by atoms with Crippen molar-refractivity contribution >= 4 is 49.7 Å². The van der Waals surface area contributed by atoms with Crippen LogP contribution in [0.25, 0.3) is 54.9 Å². The molecular formula is C42H30N2S. The van der Waals surface area contributed by atoms with Crippen molar-refractivity contribution in [2.24, 2.45) is 0 Å². The number of hydrogen-bond donors (Lipinski definition) is 1. The first-order valence-corrected chi connectivity index (χ1v) is 16.5. The fourth-order valence-electron chi connectivity index (χ4n) is 7.03. The van der Waals surface area contributed by atoms with Crippen LogP contribution < -0.4 is 5.32 Å². The van der Waals surface area contributed by atoms with Crippen molar-refractivity contribution in [2.45, 2.75) is 18.9 Å². The monoisotopic (exact) mass is 594 g/mol. The Bertz CT molecular complexity index is 2280. The van der Waals surface area contributed by atoms with Gasteiger partial charge in [0.2, 0.25) is 0 Å². The molecule has 9 rings (SSSR count). The summed E-state index contributed by atoms with van der Waals surface area (Å²) < 4.78 is 1.39. The number of anilines is 1. The Balaban J connectivity index is 1.15. The third kappa shape index (κ3) is 4.43. The van der Waals surface area contributed by atoms with Gasteiger partial charge in [0.1, 0.15) is 0 Å². The molecule has 214 valence electrons. The van der Waals surface area contributed by atoms with Gasteiger partial charge < -0.3 is 5.32 Å². The topological polar surface area (TPSA) is 24.9 Å². The number of aromatic nitrogens is 1. The average Bonchev–Trinajstić information content (AvgIpc) is 3.51. The van der Waals surface area contributed by atoms with Crippen LogP contribution in [0.3, 0.4) is 0 Å². The Kier molecular flexibility index (Phi) is 6.24. The average molecular weight is 595 g/mol. The van der Waals surface area contributed by atoms with E-state index in [4.69, 9.17) is 4.98 Å². The van der Waals surface area contributed by atoms with E-state index in [0.717, 1.165) is 29.4 Å². The number of allylic oxidation sites excluding steroid dienone is 1. The summed E-state index contributed by atoms with van der Waals surface area (Å²) in [4.78, 5) is 6.46. The zero-order valence-electron chi connectivity index (χ0n) is 24.7. The number of rotatable bonds is 4. The standard InChI is InChI=1S/C42H30N2S/c1-3-10-27(11-4-1)31-24-25-43-40-34(31)22-23-35-37(28-12-5-2-6-13-28)26-38(44-41(35)40)30-20-18-29(19-21-30)32-15-9-16-36-33-14-7-8-17-39(33)45-42(32)36/h1-7,9-16,18-26,38,44H,8,17H2. The second-order valence-corrected chi connectivity index (χ2v) is 13.0. The zero-order valence-corrected chi connectivity index (χ0v) is 25.5. The van der Waals surface area contributed by atoms with E-state index in [1.165, 1.54) is 65.0 Å². The summed E-state index contributed by atoms with van der Waals surface area (Å²) in [5.74, 6) is 0. The lowest BCUT2D eigenvalue weighted by Crippen LogP contribution is -2.16. The highest BCUT2D eigenvalue weighted by Crippen LogP contribution is 2.45. The molecule has 1 aliphatic carbocycles. The maximum Gasteiger partial charge on any atom is 0.0946 e. The lowest BCUT2D eigenvalue weighted by Gasteiger charge is -2.28. The predicted molar refractivity (Wildman–Crippen MR) is 192 cm³/mol. The summed E-state index contributed by atoms with van der Waals surface area (Å²) in [7, 11) is 0. The molecule has 0 bridgehead atoms. The van der Waals surface area contributed by atoms with Gasteiger partial charge in [0.15, 0.2) is 0 Å². The minimum absolute atomic E-state index is 0.00418. The van der Waals surface area contributed by atoms with Gasteiger partial charge in [-0.05, 0) is 69.5 Å². The van der Waals surface area contributed by atoms with Crippen LogP contribution in [0.2, 0.25) is 0 Å². The molecule has 0 fully saturated rings. The largest absolute Gasteiger partial charge is 0.372 e. The van der Waals surface area contributed by atoms with Gasteiger partial charge in [-0.25, -0.2) is 0 Å². The molecule has 1 aliphatic heterocycles. The SMILES string of the molecule is C1=Cc2c(sc3c(-c4ccc(C5C=C(c6ccccc6)c6ccc7c(-c8ccccc8)ccnc7c6N5)cc4)cccc23)CC1. The number of fused-ring (bicyclic) bond motifs is 6. The maximum absolute atomic E-state index is 4.95. The second kappa shape index (κ2) is 10.7. The van der Waals surface area contributed by atoms with Crippen molar-refractivity contribution in [1.29, 1.82) is 0 Å². The van der Waals surface area contributed by atoms with Crippen molar-refractivity contribution < 1.29 is 0 Å². The molecule has 45 heavy (non-hydrogen) atoms. The quantitative estimate of drug-likeness (QED) is 0.219. The van der Waals surface area contributed by atoms with Gasteiger partial charge in [0, 0.05) is 32.1 Å². The van der Waals surface area contributed by atoms with E-state index in [2.05, 4.69) is 145 Å². The van der Waals surface area contributed by atoms with Gasteiger partial charge in [0.25, 0.3) is 0 Å². The molecule has 5 aromatic carbocycles. The lowest BCUT2D eigenvalue weighted by atomic mass is 9.87. The number of aryl methyl sites for hydroxylation is 1. The molecule has 0 spiro atoms. The Morgan fingerprint density at radius 3 is 2.24 bits per heavy atom. The molecule has 0 radical (unpaired) electrons. The minimum Gasteiger partial charge on any atom is -0.372 e. The summed E-state index contributed by atoms with van der Waals surface area (Å²) in [5.41, 5.74) is 13.3. The molecule has 0 saturated carbocycles. The number of pyridine rings is 1. The van der Waals surface area contributed by atoms with E-state index < -0.39 is 0 Å². The predicted octanol–water partition coefficient (Wildman–Crippen LogP) is 11.3. The molecular weight excluding hydrogens is 565 g/mol. The van der Waals surface area contributed by atoms with Crippen LogP contribution in [0, 0.1) is 0 Å². The summed E-state index contributed by atoms with van der Waals surface area (Å²) in [6, 6.07) is 43.9. The van der Waals surface area contributed by atoms with Crippen molar-refractivity contribution in [3.8, 4) is 22.3 Å².